The second-order valence-electron chi connectivity index (χ2n) is 6.03. The number of nitrogens with zero attached hydrogens (tertiary/aromatic N) is 2. The topological polar surface area (TPSA) is 122 Å². The first-order valence-electron chi connectivity index (χ1n) is 8.21. The van der Waals surface area contributed by atoms with Gasteiger partial charge in [-0.3, -0.25) is 4.79 Å². The molecular formula is C19H19N5O3. The minimum atomic E-state index is -1.10. The second-order valence-corrected chi connectivity index (χ2v) is 6.03. The highest BCUT2D eigenvalue weighted by Crippen LogP contribution is 2.20. The molecule has 3 aromatic rings. The summed E-state index contributed by atoms with van der Waals surface area (Å²) in [5.74, 6) is -0.0768. The predicted molar refractivity (Wildman–Crippen MR) is 102 cm³/mol. The van der Waals surface area contributed by atoms with E-state index >= 15 is 0 Å². The maximum atomic E-state index is 12.4. The Morgan fingerprint density at radius 2 is 1.93 bits per heavy atom. The summed E-state index contributed by atoms with van der Waals surface area (Å²) in [7, 11) is 0. The zero-order chi connectivity index (χ0) is 19.4. The Kier molecular flexibility index (Phi) is 5.07. The molecule has 0 aliphatic rings. The summed E-state index contributed by atoms with van der Waals surface area (Å²) in [6, 6.07) is 14.3. The number of benzene rings is 2. The van der Waals surface area contributed by atoms with E-state index in [1.807, 2.05) is 31.2 Å². The molecule has 0 fully saturated rings. The van der Waals surface area contributed by atoms with Crippen LogP contribution in [0.3, 0.4) is 0 Å². The third-order valence-electron chi connectivity index (χ3n) is 3.90. The van der Waals surface area contributed by atoms with Crippen molar-refractivity contribution in [3.05, 3.63) is 71.4 Å². The van der Waals surface area contributed by atoms with Crippen molar-refractivity contribution < 1.29 is 14.7 Å². The van der Waals surface area contributed by atoms with Crippen LogP contribution in [-0.2, 0) is 6.54 Å². The zero-order valence-electron chi connectivity index (χ0n) is 14.6. The monoisotopic (exact) mass is 365 g/mol. The number of carbonyl (C=O) groups is 2. The van der Waals surface area contributed by atoms with Crippen molar-refractivity contribution in [1.82, 2.24) is 15.1 Å². The number of carbonyl (C=O) groups excluding carboxylic acids is 1. The van der Waals surface area contributed by atoms with Crippen LogP contribution in [0.4, 0.5) is 16.3 Å². The van der Waals surface area contributed by atoms with E-state index in [1.54, 1.807) is 35.1 Å². The summed E-state index contributed by atoms with van der Waals surface area (Å²) in [6.07, 6.45) is 0.543. The summed E-state index contributed by atoms with van der Waals surface area (Å²) in [5, 5.41) is 17.9. The summed E-state index contributed by atoms with van der Waals surface area (Å²) in [5.41, 5.74) is 9.42. The molecule has 27 heavy (non-hydrogen) atoms. The van der Waals surface area contributed by atoms with Crippen molar-refractivity contribution in [1.29, 1.82) is 0 Å². The maximum Gasteiger partial charge on any atom is 0.404 e. The Morgan fingerprint density at radius 1 is 1.19 bits per heavy atom. The molecule has 0 saturated carbocycles. The molecule has 8 nitrogen and oxygen atoms in total. The smallest absolute Gasteiger partial charge is 0.404 e. The second kappa shape index (κ2) is 7.61. The highest BCUT2D eigenvalue weighted by atomic mass is 16.4. The van der Waals surface area contributed by atoms with Gasteiger partial charge in [0.1, 0.15) is 0 Å². The largest absolute Gasteiger partial charge is 0.465 e. The fourth-order valence-corrected chi connectivity index (χ4v) is 2.52. The third kappa shape index (κ3) is 4.43. The van der Waals surface area contributed by atoms with Gasteiger partial charge in [-0.05, 0) is 42.3 Å². The number of aromatic nitrogens is 2. The molecule has 2 amide bonds. The molecule has 0 atom stereocenters. The van der Waals surface area contributed by atoms with Crippen LogP contribution >= 0.6 is 0 Å². The van der Waals surface area contributed by atoms with Crippen LogP contribution in [0.25, 0.3) is 5.69 Å². The van der Waals surface area contributed by atoms with Gasteiger partial charge in [0.15, 0.2) is 5.82 Å². The van der Waals surface area contributed by atoms with Gasteiger partial charge in [0.25, 0.3) is 5.91 Å². The number of rotatable bonds is 5. The number of aryl methyl sites for hydroxylation is 1. The number of nitrogens with two attached hydrogens (primary N) is 1. The molecule has 8 heteroatoms. The lowest BCUT2D eigenvalue weighted by Gasteiger charge is -2.05. The Balaban J connectivity index is 1.71. The summed E-state index contributed by atoms with van der Waals surface area (Å²) < 4.78 is 1.61. The Hall–Kier alpha value is -3.81. The molecule has 0 bridgehead atoms. The van der Waals surface area contributed by atoms with Crippen molar-refractivity contribution in [2.45, 2.75) is 13.5 Å². The van der Waals surface area contributed by atoms with Gasteiger partial charge in [-0.1, -0.05) is 24.3 Å². The summed E-state index contributed by atoms with van der Waals surface area (Å²) in [6.45, 7) is 2.15. The Morgan fingerprint density at radius 3 is 2.59 bits per heavy atom. The lowest BCUT2D eigenvalue weighted by molar-refractivity contribution is 0.102. The van der Waals surface area contributed by atoms with E-state index in [-0.39, 0.29) is 18.3 Å². The molecule has 2 aromatic carbocycles. The van der Waals surface area contributed by atoms with Gasteiger partial charge in [-0.2, -0.15) is 0 Å². The fourth-order valence-electron chi connectivity index (χ4n) is 2.52. The molecule has 3 rings (SSSR count). The SMILES string of the molecule is Cc1cccc(-n2cc(N)c(NC(=O)c3ccc(CNC(=O)O)cc3)n2)c1. The molecule has 0 aliphatic heterocycles. The van der Waals surface area contributed by atoms with E-state index in [1.165, 1.54) is 0 Å². The normalized spacial score (nSPS) is 10.4. The number of anilines is 2. The van der Waals surface area contributed by atoms with Gasteiger partial charge >= 0.3 is 6.09 Å². The van der Waals surface area contributed by atoms with E-state index in [2.05, 4.69) is 15.7 Å². The van der Waals surface area contributed by atoms with Crippen LogP contribution in [0, 0.1) is 6.92 Å². The molecule has 0 aliphatic carbocycles. The molecule has 0 radical (unpaired) electrons. The van der Waals surface area contributed by atoms with Crippen LogP contribution < -0.4 is 16.4 Å². The van der Waals surface area contributed by atoms with E-state index in [0.29, 0.717) is 11.3 Å². The average molecular weight is 365 g/mol. The van der Waals surface area contributed by atoms with Crippen molar-refractivity contribution >= 4 is 23.5 Å². The fraction of sp³-hybridized carbons (Fsp3) is 0.105. The van der Waals surface area contributed by atoms with Crippen LogP contribution in [0.15, 0.2) is 54.7 Å². The highest BCUT2D eigenvalue weighted by Gasteiger charge is 2.12. The van der Waals surface area contributed by atoms with E-state index in [9.17, 15) is 9.59 Å². The molecule has 1 aromatic heterocycles. The van der Waals surface area contributed by atoms with Gasteiger partial charge < -0.3 is 21.5 Å². The summed E-state index contributed by atoms with van der Waals surface area (Å²) in [4.78, 5) is 22.9. The molecule has 1 heterocycles. The number of amides is 2. The lowest BCUT2D eigenvalue weighted by atomic mass is 10.1. The predicted octanol–water partition coefficient (Wildman–Crippen LogP) is 2.78. The first kappa shape index (κ1) is 18.0. The van der Waals surface area contributed by atoms with Crippen molar-refractivity contribution in [3.8, 4) is 5.69 Å². The molecular weight excluding hydrogens is 346 g/mol. The van der Waals surface area contributed by atoms with Gasteiger partial charge in [-0.25, -0.2) is 9.48 Å². The van der Waals surface area contributed by atoms with Crippen LogP contribution in [-0.4, -0.2) is 26.9 Å². The van der Waals surface area contributed by atoms with Crippen molar-refractivity contribution in [2.75, 3.05) is 11.1 Å². The molecule has 0 spiro atoms. The quantitative estimate of drug-likeness (QED) is 0.554. The van der Waals surface area contributed by atoms with Crippen LogP contribution in [0.5, 0.6) is 0 Å². The van der Waals surface area contributed by atoms with E-state index in [0.717, 1.165) is 16.8 Å². The molecule has 0 saturated heterocycles. The molecule has 5 N–H and O–H groups in total. The van der Waals surface area contributed by atoms with E-state index < -0.39 is 6.09 Å². The van der Waals surface area contributed by atoms with Gasteiger partial charge in [0, 0.05) is 12.1 Å². The number of hydrogen-bond donors (Lipinski definition) is 4. The molecule has 0 unspecified atom stereocenters. The molecule has 138 valence electrons. The first-order valence-corrected chi connectivity index (χ1v) is 8.21. The number of nitrogens with one attached hydrogen (secondary N) is 2. The van der Waals surface area contributed by atoms with Crippen LogP contribution in [0.2, 0.25) is 0 Å². The summed E-state index contributed by atoms with van der Waals surface area (Å²) >= 11 is 0. The van der Waals surface area contributed by atoms with Crippen molar-refractivity contribution in [2.24, 2.45) is 0 Å². The minimum Gasteiger partial charge on any atom is -0.465 e. The minimum absolute atomic E-state index is 0.172. The third-order valence-corrected chi connectivity index (χ3v) is 3.90. The first-order chi connectivity index (χ1) is 12.9. The number of hydrogen-bond acceptors (Lipinski definition) is 4. The van der Waals surface area contributed by atoms with E-state index in [4.69, 9.17) is 10.8 Å². The maximum absolute atomic E-state index is 12.4. The van der Waals surface area contributed by atoms with Crippen LogP contribution in [0.1, 0.15) is 21.5 Å². The van der Waals surface area contributed by atoms with Gasteiger partial charge in [0.2, 0.25) is 0 Å². The highest BCUT2D eigenvalue weighted by molar-refractivity contribution is 6.05. The Labute approximate surface area is 155 Å². The van der Waals surface area contributed by atoms with Gasteiger partial charge in [-0.15, -0.1) is 5.10 Å². The number of carboxylic acid groups (broad SMARTS) is 1. The Bertz CT molecular complexity index is 979. The average Bonchev–Trinajstić information content (AvgIpc) is 3.01. The van der Waals surface area contributed by atoms with Crippen molar-refractivity contribution in [3.63, 3.8) is 0 Å². The standard InChI is InChI=1S/C19H19N5O3/c1-12-3-2-4-15(9-12)24-11-16(20)17(23-24)22-18(25)14-7-5-13(6-8-14)10-21-19(26)27/h2-9,11,21H,10,20H2,1H3,(H,26,27)(H,22,23,25). The number of nitrogen functional groups attached to an aromatic ring is 1. The lowest BCUT2D eigenvalue weighted by Crippen LogP contribution is -2.20. The zero-order valence-corrected chi connectivity index (χ0v) is 14.6. The van der Waals surface area contributed by atoms with Gasteiger partial charge in [0.05, 0.1) is 17.6 Å².